The predicted octanol–water partition coefficient (Wildman–Crippen LogP) is 1.98. The minimum atomic E-state index is -1.03. The normalized spacial score (nSPS) is 15.6. The van der Waals surface area contributed by atoms with Crippen LogP contribution in [0.2, 0.25) is 0 Å². The summed E-state index contributed by atoms with van der Waals surface area (Å²) in [7, 11) is 0. The summed E-state index contributed by atoms with van der Waals surface area (Å²) >= 11 is 1.22. The van der Waals surface area contributed by atoms with Crippen LogP contribution in [0.4, 0.5) is 15.2 Å². The molecule has 3 heterocycles. The van der Waals surface area contributed by atoms with Gasteiger partial charge >= 0.3 is 0 Å². The van der Waals surface area contributed by atoms with Crippen LogP contribution in [0.25, 0.3) is 10.7 Å². The molecular formula is C21H23FN6O3S. The fourth-order valence-corrected chi connectivity index (χ4v) is 4.52. The summed E-state index contributed by atoms with van der Waals surface area (Å²) in [5, 5.41) is 31.3. The zero-order valence-corrected chi connectivity index (χ0v) is 18.0. The number of hydrogen-bond donors (Lipinski definition) is 3. The Balaban J connectivity index is 1.42. The second-order valence-electron chi connectivity index (χ2n) is 7.72. The van der Waals surface area contributed by atoms with Crippen LogP contribution in [0.5, 0.6) is 0 Å². The molecule has 9 nitrogen and oxygen atoms in total. The Labute approximate surface area is 188 Å². The number of aliphatic hydroxyl groups is 2. The predicted molar refractivity (Wildman–Crippen MR) is 118 cm³/mol. The maximum atomic E-state index is 14.3. The van der Waals surface area contributed by atoms with Crippen LogP contribution in [-0.2, 0) is 10.2 Å². The first-order valence-corrected chi connectivity index (χ1v) is 11.0. The van der Waals surface area contributed by atoms with Crippen LogP contribution in [0.15, 0.2) is 36.7 Å². The van der Waals surface area contributed by atoms with Gasteiger partial charge in [-0.3, -0.25) is 9.78 Å². The van der Waals surface area contributed by atoms with E-state index in [1.165, 1.54) is 28.5 Å². The summed E-state index contributed by atoms with van der Waals surface area (Å²) in [5.74, 6) is 0.277. The topological polar surface area (TPSA) is 124 Å². The van der Waals surface area contributed by atoms with Crippen molar-refractivity contribution in [2.24, 2.45) is 0 Å². The highest BCUT2D eigenvalue weighted by atomic mass is 32.1. The van der Waals surface area contributed by atoms with Crippen molar-refractivity contribution in [2.75, 3.05) is 29.9 Å². The van der Waals surface area contributed by atoms with Gasteiger partial charge in [0.2, 0.25) is 6.41 Å². The van der Waals surface area contributed by atoms with Gasteiger partial charge in [0, 0.05) is 18.2 Å². The van der Waals surface area contributed by atoms with E-state index in [1.54, 1.807) is 24.4 Å². The van der Waals surface area contributed by atoms with Crippen LogP contribution in [0.3, 0.4) is 0 Å². The summed E-state index contributed by atoms with van der Waals surface area (Å²) in [5.41, 5.74) is 0.687. The van der Waals surface area contributed by atoms with E-state index in [4.69, 9.17) is 5.11 Å². The first-order chi connectivity index (χ1) is 15.5. The summed E-state index contributed by atoms with van der Waals surface area (Å²) in [6.45, 7) is 0.0385. The number of aromatic nitrogens is 4. The summed E-state index contributed by atoms with van der Waals surface area (Å²) < 4.78 is 14.3. The number of carbonyl (C=O) groups excluding carboxylic acids is 1. The maximum absolute atomic E-state index is 14.3. The van der Waals surface area contributed by atoms with Crippen LogP contribution >= 0.6 is 11.3 Å². The van der Waals surface area contributed by atoms with Gasteiger partial charge in [0.15, 0.2) is 0 Å². The molecule has 3 N–H and O–H groups in total. The second-order valence-corrected chi connectivity index (χ2v) is 8.73. The minimum absolute atomic E-state index is 0.0330. The fourth-order valence-electron chi connectivity index (χ4n) is 3.66. The standard InChI is InChI=1S/C21H23FN6O3S/c22-15-3-1-8-23-19(15)21(6-2-7-21)12-25-17-5-4-16(26-27-17)20-24-9-18(32-20)28(13-30)10-14(31)11-29/h1,3-5,8-9,13-14,29,31H,2,6-7,10-12H2,(H,25,27)/t14-/m0/s1. The van der Waals surface area contributed by atoms with E-state index >= 15 is 0 Å². The number of halogens is 1. The second kappa shape index (κ2) is 9.63. The lowest BCUT2D eigenvalue weighted by atomic mass is 9.66. The number of amides is 1. The van der Waals surface area contributed by atoms with E-state index in [9.17, 15) is 14.3 Å². The molecule has 0 aliphatic heterocycles. The minimum Gasteiger partial charge on any atom is -0.394 e. The molecule has 1 aliphatic carbocycles. The van der Waals surface area contributed by atoms with Crippen molar-refractivity contribution >= 4 is 28.6 Å². The van der Waals surface area contributed by atoms with Gasteiger partial charge < -0.3 is 20.4 Å². The molecule has 0 unspecified atom stereocenters. The van der Waals surface area contributed by atoms with Crippen molar-refractivity contribution in [2.45, 2.75) is 30.8 Å². The highest BCUT2D eigenvalue weighted by Gasteiger charge is 2.41. The van der Waals surface area contributed by atoms with Gasteiger partial charge in [0.05, 0.1) is 31.1 Å². The lowest BCUT2D eigenvalue weighted by Crippen LogP contribution is -2.42. The molecule has 0 bridgehead atoms. The average molecular weight is 459 g/mol. The average Bonchev–Trinajstić information content (AvgIpc) is 3.28. The molecule has 0 radical (unpaired) electrons. The number of thiazole rings is 1. The van der Waals surface area contributed by atoms with Crippen LogP contribution in [0.1, 0.15) is 25.0 Å². The molecule has 3 aromatic heterocycles. The number of carbonyl (C=O) groups is 1. The highest BCUT2D eigenvalue weighted by Crippen LogP contribution is 2.43. The van der Waals surface area contributed by atoms with Crippen LogP contribution < -0.4 is 10.2 Å². The van der Waals surface area contributed by atoms with Gasteiger partial charge in [-0.05, 0) is 37.1 Å². The molecule has 1 aliphatic rings. The van der Waals surface area contributed by atoms with E-state index in [-0.39, 0.29) is 17.8 Å². The largest absolute Gasteiger partial charge is 0.394 e. The molecule has 4 rings (SSSR count). The van der Waals surface area contributed by atoms with Gasteiger partial charge in [0.1, 0.15) is 27.3 Å². The number of nitrogens with one attached hydrogen (secondary N) is 1. The molecule has 0 saturated heterocycles. The van der Waals surface area contributed by atoms with Gasteiger partial charge in [-0.25, -0.2) is 9.37 Å². The van der Waals surface area contributed by atoms with Crippen molar-refractivity contribution in [3.63, 3.8) is 0 Å². The highest BCUT2D eigenvalue weighted by molar-refractivity contribution is 7.19. The third-order valence-electron chi connectivity index (χ3n) is 5.59. The molecule has 0 aromatic carbocycles. The van der Waals surface area contributed by atoms with Crippen molar-refractivity contribution in [3.05, 3.63) is 48.2 Å². The molecule has 1 saturated carbocycles. The third-order valence-corrected chi connectivity index (χ3v) is 6.64. The molecule has 168 valence electrons. The molecule has 1 amide bonds. The number of anilines is 2. The Hall–Kier alpha value is -3.02. The number of nitrogens with zero attached hydrogens (tertiary/aromatic N) is 5. The third kappa shape index (κ3) is 4.59. The number of pyridine rings is 1. The Bertz CT molecular complexity index is 1060. The SMILES string of the molecule is O=CN(C[C@H](O)CO)c1cnc(-c2ccc(NCC3(c4ncccc4F)CCC3)nn2)s1. The molecule has 0 spiro atoms. The Morgan fingerprint density at radius 1 is 1.28 bits per heavy atom. The lowest BCUT2D eigenvalue weighted by molar-refractivity contribution is -0.107. The molecule has 32 heavy (non-hydrogen) atoms. The molecule has 1 atom stereocenters. The van der Waals surface area contributed by atoms with Gasteiger partial charge in [-0.15, -0.1) is 10.2 Å². The maximum Gasteiger partial charge on any atom is 0.214 e. The number of aliphatic hydroxyl groups excluding tert-OH is 2. The Kier molecular flexibility index (Phi) is 6.68. The fraction of sp³-hybridized carbons (Fsp3) is 0.381. The van der Waals surface area contributed by atoms with Crippen molar-refractivity contribution in [3.8, 4) is 10.7 Å². The zero-order valence-electron chi connectivity index (χ0n) is 17.2. The van der Waals surface area contributed by atoms with E-state index in [1.807, 2.05) is 0 Å². The van der Waals surface area contributed by atoms with Gasteiger partial charge in [-0.2, -0.15) is 0 Å². The van der Waals surface area contributed by atoms with Gasteiger partial charge in [-0.1, -0.05) is 17.8 Å². The number of hydrogen-bond acceptors (Lipinski definition) is 9. The van der Waals surface area contributed by atoms with E-state index < -0.39 is 12.7 Å². The summed E-state index contributed by atoms with van der Waals surface area (Å²) in [6, 6.07) is 6.57. The zero-order chi connectivity index (χ0) is 22.6. The quantitative estimate of drug-likeness (QED) is 0.394. The van der Waals surface area contributed by atoms with Crippen molar-refractivity contribution in [1.29, 1.82) is 0 Å². The van der Waals surface area contributed by atoms with Crippen molar-refractivity contribution < 1.29 is 19.4 Å². The molecular weight excluding hydrogens is 435 g/mol. The molecule has 3 aromatic rings. The molecule has 1 fully saturated rings. The first kappa shape index (κ1) is 22.2. The Morgan fingerprint density at radius 3 is 2.75 bits per heavy atom. The molecule has 11 heteroatoms. The summed E-state index contributed by atoms with van der Waals surface area (Å²) in [4.78, 5) is 21.1. The van der Waals surface area contributed by atoms with Crippen LogP contribution in [0, 0.1) is 5.82 Å². The van der Waals surface area contributed by atoms with Gasteiger partial charge in [0.25, 0.3) is 0 Å². The van der Waals surface area contributed by atoms with Crippen molar-refractivity contribution in [1.82, 2.24) is 20.2 Å². The summed E-state index contributed by atoms with van der Waals surface area (Å²) in [6.07, 6.45) is 5.42. The van der Waals surface area contributed by atoms with E-state index in [2.05, 4.69) is 25.5 Å². The van der Waals surface area contributed by atoms with E-state index in [0.717, 1.165) is 19.3 Å². The first-order valence-electron chi connectivity index (χ1n) is 10.2. The lowest BCUT2D eigenvalue weighted by Gasteiger charge is -2.41. The smallest absolute Gasteiger partial charge is 0.214 e. The Morgan fingerprint density at radius 2 is 2.12 bits per heavy atom. The van der Waals surface area contributed by atoms with E-state index in [0.29, 0.717) is 40.2 Å². The number of rotatable bonds is 10. The van der Waals surface area contributed by atoms with Crippen LogP contribution in [-0.4, -0.2) is 62.6 Å². The monoisotopic (exact) mass is 458 g/mol.